The molecule has 1 aliphatic heterocycles. The molecule has 0 radical (unpaired) electrons. The van der Waals surface area contributed by atoms with Gasteiger partial charge in [-0.05, 0) is 76.0 Å². The monoisotopic (exact) mass is 450 g/mol. The zero-order valence-electron chi connectivity index (χ0n) is 18.3. The smallest absolute Gasteiger partial charge is 0.330 e. The third-order valence-corrected chi connectivity index (χ3v) is 6.99. The summed E-state index contributed by atoms with van der Waals surface area (Å²) in [5, 5.41) is 3.07. The Bertz CT molecular complexity index is 1030. The topological polar surface area (TPSA) is 48.5 Å². The summed E-state index contributed by atoms with van der Waals surface area (Å²) in [4.78, 5) is 19.9. The van der Waals surface area contributed by atoms with Crippen molar-refractivity contribution >= 4 is 11.7 Å². The number of rotatable bonds is 3. The molecule has 2 fully saturated rings. The number of aromatic nitrogens is 1. The molecule has 1 saturated heterocycles. The number of anilines is 1. The summed E-state index contributed by atoms with van der Waals surface area (Å²) in [6.07, 6.45) is -0.665. The number of urea groups is 1. The van der Waals surface area contributed by atoms with E-state index in [1.807, 2.05) is 20.2 Å². The first-order chi connectivity index (χ1) is 15.0. The lowest BCUT2D eigenvalue weighted by Gasteiger charge is -2.48. The first-order valence-electron chi connectivity index (χ1n) is 10.5. The third-order valence-electron chi connectivity index (χ3n) is 6.99. The van der Waals surface area contributed by atoms with Crippen molar-refractivity contribution in [1.82, 2.24) is 15.2 Å². The van der Waals surface area contributed by atoms with Gasteiger partial charge in [0.1, 0.15) is 11.5 Å². The second kappa shape index (κ2) is 7.72. The van der Waals surface area contributed by atoms with Crippen LogP contribution in [0, 0.1) is 12.7 Å². The summed E-state index contributed by atoms with van der Waals surface area (Å²) in [5.74, 6) is -0.283. The van der Waals surface area contributed by atoms with Crippen LogP contribution in [0.5, 0.6) is 0 Å². The van der Waals surface area contributed by atoms with Crippen LogP contribution < -0.4 is 10.2 Å². The zero-order valence-corrected chi connectivity index (χ0v) is 18.3. The lowest BCUT2D eigenvalue weighted by molar-refractivity contribution is -0.141. The quantitative estimate of drug-likeness (QED) is 0.681. The summed E-state index contributed by atoms with van der Waals surface area (Å²) in [6.45, 7) is 1.90. The van der Waals surface area contributed by atoms with Crippen LogP contribution in [0.1, 0.15) is 42.5 Å². The maximum absolute atomic E-state index is 13.9. The fraction of sp³-hybridized carbons (Fsp3) is 0.478. The van der Waals surface area contributed by atoms with E-state index in [1.54, 1.807) is 19.1 Å². The Balaban J connectivity index is 1.56. The molecule has 172 valence electrons. The summed E-state index contributed by atoms with van der Waals surface area (Å²) >= 11 is 0. The van der Waals surface area contributed by atoms with Gasteiger partial charge in [-0.3, -0.25) is 9.80 Å². The average Bonchev–Trinajstić information content (AvgIpc) is 3.03. The number of benzene rings is 1. The van der Waals surface area contributed by atoms with E-state index in [4.69, 9.17) is 0 Å². The number of nitrogens with zero attached hydrogens (tertiary/aromatic N) is 3. The highest BCUT2D eigenvalue weighted by Gasteiger charge is 2.50. The number of hydrogen-bond donors (Lipinski definition) is 1. The number of pyridine rings is 1. The number of aryl methyl sites for hydroxylation is 1. The lowest BCUT2D eigenvalue weighted by atomic mass is 9.69. The highest BCUT2D eigenvalue weighted by molar-refractivity contribution is 5.96. The van der Waals surface area contributed by atoms with Gasteiger partial charge in [-0.2, -0.15) is 13.2 Å². The minimum atomic E-state index is -4.53. The van der Waals surface area contributed by atoms with Crippen LogP contribution in [0.25, 0.3) is 0 Å². The molecule has 2 amide bonds. The third kappa shape index (κ3) is 3.83. The van der Waals surface area contributed by atoms with Crippen LogP contribution in [0.2, 0.25) is 0 Å². The summed E-state index contributed by atoms with van der Waals surface area (Å²) in [6, 6.07) is 7.26. The second-order valence-electron chi connectivity index (χ2n) is 9.09. The van der Waals surface area contributed by atoms with Gasteiger partial charge in [0.05, 0.1) is 24.0 Å². The molecule has 4 rings (SSSR count). The molecule has 1 saturated carbocycles. The summed E-state index contributed by atoms with van der Waals surface area (Å²) in [7, 11) is 3.94. The van der Waals surface area contributed by atoms with Crippen molar-refractivity contribution in [3.8, 4) is 0 Å². The summed E-state index contributed by atoms with van der Waals surface area (Å²) in [5.41, 5.74) is -0.186. The molecule has 5 nitrogen and oxygen atoms in total. The van der Waals surface area contributed by atoms with Gasteiger partial charge in [-0.1, -0.05) is 12.1 Å². The minimum absolute atomic E-state index is 0.283. The van der Waals surface area contributed by atoms with Crippen molar-refractivity contribution < 1.29 is 22.4 Å². The molecule has 0 bridgehead atoms. The largest absolute Gasteiger partial charge is 0.433 e. The molecule has 0 unspecified atom stereocenters. The normalized spacial score (nSPS) is 26.1. The molecule has 2 aromatic rings. The Labute approximate surface area is 184 Å². The minimum Gasteiger partial charge on any atom is -0.330 e. The number of nitrogens with one attached hydrogen (secondary N) is 1. The van der Waals surface area contributed by atoms with Crippen molar-refractivity contribution in [2.24, 2.45) is 0 Å². The van der Waals surface area contributed by atoms with Crippen LogP contribution in [-0.2, 0) is 11.7 Å². The van der Waals surface area contributed by atoms with Gasteiger partial charge in [0.2, 0.25) is 0 Å². The van der Waals surface area contributed by atoms with E-state index in [1.165, 1.54) is 11.0 Å². The van der Waals surface area contributed by atoms with Gasteiger partial charge in [-0.15, -0.1) is 0 Å². The van der Waals surface area contributed by atoms with Crippen LogP contribution in [0.4, 0.5) is 28.0 Å². The van der Waals surface area contributed by atoms with Crippen LogP contribution in [-0.4, -0.2) is 42.1 Å². The number of alkyl halides is 3. The first kappa shape index (κ1) is 22.5. The van der Waals surface area contributed by atoms with Gasteiger partial charge in [0, 0.05) is 5.54 Å². The van der Waals surface area contributed by atoms with E-state index in [0.29, 0.717) is 43.5 Å². The number of carbonyl (C=O) groups excluding carboxylic acids is 1. The van der Waals surface area contributed by atoms with Gasteiger partial charge in [0.15, 0.2) is 0 Å². The molecule has 1 aliphatic carbocycles. The predicted octanol–water partition coefficient (Wildman–Crippen LogP) is 4.85. The standard InChI is InChI=1S/C23H26F4N4O/c1-15-11-19(23(25,26)27)28-13-18(15)31-14-21(29-20(31)32)7-9-22(10-8-21,30(2)3)16-5-4-6-17(24)12-16/h4-6,11-13H,7-10,14H2,1-3H3,(H,29,32)/t21-,22-. The SMILES string of the molecule is Cc1cc(C(F)(F)F)ncc1N1C[C@]2(CC[C@@](c3cccc(F)c3)(N(C)C)CC2)NC1=O. The highest BCUT2D eigenvalue weighted by atomic mass is 19.4. The van der Waals surface area contributed by atoms with Crippen LogP contribution in [0.3, 0.4) is 0 Å². The Morgan fingerprint density at radius 3 is 2.38 bits per heavy atom. The van der Waals surface area contributed by atoms with Gasteiger partial charge in [0.25, 0.3) is 0 Å². The van der Waals surface area contributed by atoms with Crippen molar-refractivity contribution in [1.29, 1.82) is 0 Å². The molecule has 2 heterocycles. The van der Waals surface area contributed by atoms with Gasteiger partial charge in [-0.25, -0.2) is 14.2 Å². The fourth-order valence-electron chi connectivity index (χ4n) is 5.09. The Kier molecular flexibility index (Phi) is 5.43. The first-order valence-corrected chi connectivity index (χ1v) is 10.5. The van der Waals surface area contributed by atoms with Crippen LogP contribution in [0.15, 0.2) is 36.5 Å². The summed E-state index contributed by atoms with van der Waals surface area (Å²) < 4.78 is 52.8. The molecule has 32 heavy (non-hydrogen) atoms. The second-order valence-corrected chi connectivity index (χ2v) is 9.09. The van der Waals surface area contributed by atoms with Crippen molar-refractivity contribution in [2.75, 3.05) is 25.5 Å². The molecule has 2 aliphatic rings. The number of hydrogen-bond acceptors (Lipinski definition) is 3. The Hall–Kier alpha value is -2.68. The Morgan fingerprint density at radius 1 is 1.12 bits per heavy atom. The molecule has 1 spiro atoms. The van der Waals surface area contributed by atoms with Crippen molar-refractivity contribution in [3.05, 3.63) is 59.2 Å². The number of halogens is 4. The maximum Gasteiger partial charge on any atom is 0.433 e. The molecule has 0 atom stereocenters. The van der Waals surface area contributed by atoms with E-state index in [2.05, 4.69) is 15.2 Å². The fourth-order valence-corrected chi connectivity index (χ4v) is 5.09. The lowest BCUT2D eigenvalue weighted by Crippen LogP contribution is -2.54. The Morgan fingerprint density at radius 2 is 1.81 bits per heavy atom. The van der Waals surface area contributed by atoms with E-state index in [9.17, 15) is 22.4 Å². The molecule has 9 heteroatoms. The van der Waals surface area contributed by atoms with E-state index in [-0.39, 0.29) is 17.4 Å². The van der Waals surface area contributed by atoms with Crippen molar-refractivity contribution in [3.63, 3.8) is 0 Å². The number of amides is 2. The maximum atomic E-state index is 13.9. The van der Waals surface area contributed by atoms with E-state index in [0.717, 1.165) is 17.8 Å². The van der Waals surface area contributed by atoms with Gasteiger partial charge < -0.3 is 5.32 Å². The molecule has 1 aromatic carbocycles. The molecular formula is C23H26F4N4O. The molecular weight excluding hydrogens is 424 g/mol. The zero-order chi connectivity index (χ0) is 23.3. The highest BCUT2D eigenvalue weighted by Crippen LogP contribution is 2.46. The van der Waals surface area contributed by atoms with Crippen molar-refractivity contribution in [2.45, 2.75) is 49.9 Å². The molecule has 1 aromatic heterocycles. The predicted molar refractivity (Wildman–Crippen MR) is 113 cm³/mol. The number of carbonyl (C=O) groups is 1. The average molecular weight is 450 g/mol. The van der Waals surface area contributed by atoms with E-state index >= 15 is 0 Å². The molecule has 1 N–H and O–H groups in total. The van der Waals surface area contributed by atoms with Crippen LogP contribution >= 0.6 is 0 Å². The van der Waals surface area contributed by atoms with Gasteiger partial charge >= 0.3 is 12.2 Å². The van der Waals surface area contributed by atoms with E-state index < -0.39 is 17.4 Å².